The minimum Gasteiger partial charge on any atom is -0.352 e. The number of amides is 1. The Balaban J connectivity index is 1.75. The van der Waals surface area contributed by atoms with Gasteiger partial charge in [0.1, 0.15) is 5.82 Å². The molecule has 1 aliphatic rings. The van der Waals surface area contributed by atoms with Crippen molar-refractivity contribution in [3.05, 3.63) is 83.4 Å². The molecule has 0 saturated heterocycles. The quantitative estimate of drug-likeness (QED) is 0.805. The van der Waals surface area contributed by atoms with Crippen molar-refractivity contribution in [1.82, 2.24) is 14.9 Å². The largest absolute Gasteiger partial charge is 0.352 e. The topological polar surface area (TPSA) is 46.9 Å². The maximum Gasteiger partial charge on any atom is 0.251 e. The van der Waals surface area contributed by atoms with Crippen LogP contribution in [-0.4, -0.2) is 22.0 Å². The van der Waals surface area contributed by atoms with Crippen molar-refractivity contribution < 1.29 is 4.79 Å². The van der Waals surface area contributed by atoms with E-state index in [9.17, 15) is 4.79 Å². The molecule has 1 N–H and O–H groups in total. The SMILES string of the molecule is CC(c1ccccc1)c1nccn1-c1ccc2c(c1)C(=O)NCC2. The summed E-state index contributed by atoms with van der Waals surface area (Å²) in [4.78, 5) is 16.7. The molecule has 0 saturated carbocycles. The lowest BCUT2D eigenvalue weighted by Gasteiger charge is -2.19. The first-order valence-electron chi connectivity index (χ1n) is 8.24. The van der Waals surface area contributed by atoms with Crippen molar-refractivity contribution in [2.24, 2.45) is 0 Å². The summed E-state index contributed by atoms with van der Waals surface area (Å²) in [7, 11) is 0. The molecule has 0 spiro atoms. The van der Waals surface area contributed by atoms with Crippen LogP contribution in [0, 0.1) is 0 Å². The zero-order valence-electron chi connectivity index (χ0n) is 13.6. The molecule has 4 nitrogen and oxygen atoms in total. The van der Waals surface area contributed by atoms with E-state index in [0.717, 1.165) is 29.1 Å². The van der Waals surface area contributed by atoms with E-state index in [-0.39, 0.29) is 11.8 Å². The second kappa shape index (κ2) is 5.96. The van der Waals surface area contributed by atoms with Crippen molar-refractivity contribution in [3.8, 4) is 5.69 Å². The van der Waals surface area contributed by atoms with Crippen molar-refractivity contribution in [2.75, 3.05) is 6.54 Å². The predicted octanol–water partition coefficient (Wildman–Crippen LogP) is 3.31. The molecule has 4 heteroatoms. The molecule has 2 aromatic carbocycles. The van der Waals surface area contributed by atoms with E-state index < -0.39 is 0 Å². The number of hydrogen-bond donors (Lipinski definition) is 1. The molecule has 3 aromatic rings. The summed E-state index contributed by atoms with van der Waals surface area (Å²) in [5.74, 6) is 1.15. The van der Waals surface area contributed by atoms with Gasteiger partial charge in [0.25, 0.3) is 5.91 Å². The van der Waals surface area contributed by atoms with E-state index in [1.807, 2.05) is 36.7 Å². The summed E-state index contributed by atoms with van der Waals surface area (Å²) in [6.45, 7) is 2.87. The molecule has 0 aliphatic carbocycles. The van der Waals surface area contributed by atoms with Gasteiger partial charge in [0.2, 0.25) is 0 Å². The Kier molecular flexibility index (Phi) is 3.65. The first-order chi connectivity index (χ1) is 11.7. The molecule has 1 unspecified atom stereocenters. The van der Waals surface area contributed by atoms with Crippen molar-refractivity contribution in [3.63, 3.8) is 0 Å². The van der Waals surface area contributed by atoms with Crippen LogP contribution in [0.1, 0.15) is 40.2 Å². The van der Waals surface area contributed by atoms with Crippen molar-refractivity contribution in [2.45, 2.75) is 19.3 Å². The van der Waals surface area contributed by atoms with Gasteiger partial charge in [-0.05, 0) is 29.7 Å². The van der Waals surface area contributed by atoms with Gasteiger partial charge in [0.05, 0.1) is 0 Å². The van der Waals surface area contributed by atoms with Gasteiger partial charge in [-0.3, -0.25) is 4.79 Å². The van der Waals surface area contributed by atoms with Gasteiger partial charge >= 0.3 is 0 Å². The predicted molar refractivity (Wildman–Crippen MR) is 93.6 cm³/mol. The van der Waals surface area contributed by atoms with Gasteiger partial charge in [-0.2, -0.15) is 0 Å². The van der Waals surface area contributed by atoms with Gasteiger partial charge < -0.3 is 9.88 Å². The van der Waals surface area contributed by atoms with Crippen LogP contribution in [0.2, 0.25) is 0 Å². The summed E-state index contributed by atoms with van der Waals surface area (Å²) in [6.07, 6.45) is 4.66. The highest BCUT2D eigenvalue weighted by molar-refractivity contribution is 5.97. The average Bonchev–Trinajstić information content (AvgIpc) is 3.12. The Morgan fingerprint density at radius 1 is 1.17 bits per heavy atom. The number of fused-ring (bicyclic) bond motifs is 1. The van der Waals surface area contributed by atoms with E-state index in [2.05, 4.69) is 46.1 Å². The highest BCUT2D eigenvalue weighted by Crippen LogP contribution is 2.26. The van der Waals surface area contributed by atoms with Crippen LogP contribution in [0.5, 0.6) is 0 Å². The fraction of sp³-hybridized carbons (Fsp3) is 0.200. The van der Waals surface area contributed by atoms with Gasteiger partial charge in [0.15, 0.2) is 0 Å². The van der Waals surface area contributed by atoms with Gasteiger partial charge in [0, 0.05) is 36.1 Å². The second-order valence-electron chi connectivity index (χ2n) is 6.14. The average molecular weight is 317 g/mol. The van der Waals surface area contributed by atoms with Crippen LogP contribution in [0.3, 0.4) is 0 Å². The normalized spacial score (nSPS) is 14.8. The molecule has 1 atom stereocenters. The number of nitrogens with zero attached hydrogens (tertiary/aromatic N) is 2. The third-order valence-corrected chi connectivity index (χ3v) is 4.65. The molecule has 0 fully saturated rings. The lowest BCUT2D eigenvalue weighted by atomic mass is 9.98. The zero-order chi connectivity index (χ0) is 16.5. The van der Waals surface area contributed by atoms with Crippen LogP contribution < -0.4 is 5.32 Å². The molecule has 4 rings (SSSR count). The van der Waals surface area contributed by atoms with Crippen molar-refractivity contribution in [1.29, 1.82) is 0 Å². The van der Waals surface area contributed by atoms with Gasteiger partial charge in [-0.15, -0.1) is 0 Å². The van der Waals surface area contributed by atoms with Gasteiger partial charge in [-0.25, -0.2) is 4.98 Å². The highest BCUT2D eigenvalue weighted by atomic mass is 16.1. The Hall–Kier alpha value is -2.88. The van der Waals surface area contributed by atoms with Crippen LogP contribution in [0.4, 0.5) is 0 Å². The number of rotatable bonds is 3. The Bertz CT molecular complexity index is 883. The minimum atomic E-state index is 0.0101. The molecule has 24 heavy (non-hydrogen) atoms. The lowest BCUT2D eigenvalue weighted by molar-refractivity contribution is 0.0946. The molecule has 0 bridgehead atoms. The summed E-state index contributed by atoms with van der Waals surface area (Å²) in [5, 5.41) is 2.91. The molecule has 1 amide bonds. The molecule has 1 aromatic heterocycles. The third kappa shape index (κ3) is 2.50. The maximum absolute atomic E-state index is 12.1. The summed E-state index contributed by atoms with van der Waals surface area (Å²) in [5.41, 5.74) is 4.08. The van der Waals surface area contributed by atoms with Crippen LogP contribution in [0.25, 0.3) is 5.69 Å². The smallest absolute Gasteiger partial charge is 0.251 e. The zero-order valence-corrected chi connectivity index (χ0v) is 13.6. The molecular weight excluding hydrogens is 298 g/mol. The number of imidazole rings is 1. The highest BCUT2D eigenvalue weighted by Gasteiger charge is 2.19. The summed E-state index contributed by atoms with van der Waals surface area (Å²) < 4.78 is 2.07. The van der Waals surface area contributed by atoms with Crippen LogP contribution in [-0.2, 0) is 6.42 Å². The van der Waals surface area contributed by atoms with Crippen LogP contribution >= 0.6 is 0 Å². The Morgan fingerprint density at radius 3 is 2.83 bits per heavy atom. The monoisotopic (exact) mass is 317 g/mol. The third-order valence-electron chi connectivity index (χ3n) is 4.65. The Morgan fingerprint density at radius 2 is 2.00 bits per heavy atom. The fourth-order valence-corrected chi connectivity index (χ4v) is 3.29. The lowest BCUT2D eigenvalue weighted by Crippen LogP contribution is -2.31. The van der Waals surface area contributed by atoms with E-state index >= 15 is 0 Å². The second-order valence-corrected chi connectivity index (χ2v) is 6.14. The molecule has 0 radical (unpaired) electrons. The number of benzene rings is 2. The number of carbonyl (C=O) groups excluding carboxylic acids is 1. The molecule has 120 valence electrons. The first kappa shape index (κ1) is 14.7. The molecular formula is C20H19N3O. The number of hydrogen-bond acceptors (Lipinski definition) is 2. The standard InChI is InChI=1S/C20H19N3O/c1-14(15-5-3-2-4-6-15)19-21-11-12-23(19)17-8-7-16-9-10-22-20(24)18(16)13-17/h2-8,11-14H,9-10H2,1H3,(H,22,24). The molecule has 2 heterocycles. The van der Waals surface area contributed by atoms with E-state index in [1.165, 1.54) is 5.56 Å². The first-order valence-corrected chi connectivity index (χ1v) is 8.24. The number of aromatic nitrogens is 2. The number of nitrogens with one attached hydrogen (secondary N) is 1. The van der Waals surface area contributed by atoms with Crippen molar-refractivity contribution >= 4 is 5.91 Å². The maximum atomic E-state index is 12.1. The van der Waals surface area contributed by atoms with Gasteiger partial charge in [-0.1, -0.05) is 43.3 Å². The van der Waals surface area contributed by atoms with Crippen LogP contribution in [0.15, 0.2) is 60.9 Å². The molecule has 1 aliphatic heterocycles. The number of carbonyl (C=O) groups is 1. The fourth-order valence-electron chi connectivity index (χ4n) is 3.29. The van der Waals surface area contributed by atoms with E-state index in [1.54, 1.807) is 0 Å². The minimum absolute atomic E-state index is 0.0101. The summed E-state index contributed by atoms with van der Waals surface area (Å²) in [6, 6.07) is 16.4. The Labute approximate surface area is 141 Å². The summed E-state index contributed by atoms with van der Waals surface area (Å²) >= 11 is 0. The van der Waals surface area contributed by atoms with E-state index in [0.29, 0.717) is 6.54 Å². The van der Waals surface area contributed by atoms with E-state index in [4.69, 9.17) is 0 Å².